The topological polar surface area (TPSA) is 37.3 Å². The highest BCUT2D eigenvalue weighted by atomic mass is 31.1. The fraction of sp³-hybridized carbons (Fsp3) is 1.00. The van der Waals surface area contributed by atoms with Gasteiger partial charge in [0.15, 0.2) is 8.46 Å². The number of aliphatic hydroxyl groups excluding tert-OH is 1. The predicted molar refractivity (Wildman–Crippen MR) is 112 cm³/mol. The van der Waals surface area contributed by atoms with Crippen LogP contribution in [-0.2, 0) is 4.57 Å². The zero-order valence-corrected chi connectivity index (χ0v) is 18.9. The van der Waals surface area contributed by atoms with Crippen molar-refractivity contribution in [3.05, 3.63) is 0 Å². The van der Waals surface area contributed by atoms with Crippen molar-refractivity contribution in [2.75, 3.05) is 0 Å². The Balaban J connectivity index is 1.60. The Morgan fingerprint density at radius 2 is 1.85 bits per heavy atom. The molecule has 0 aromatic heterocycles. The third-order valence-electron chi connectivity index (χ3n) is 10.4. The second kappa shape index (κ2) is 7.39. The molecule has 0 saturated heterocycles. The molecule has 3 heteroatoms. The summed E-state index contributed by atoms with van der Waals surface area (Å²) < 4.78 is 11.5. The first-order chi connectivity index (χ1) is 12.9. The summed E-state index contributed by atoms with van der Waals surface area (Å²) in [5.74, 6) is 4.41. The molecular formula is C24H41O2P. The summed E-state index contributed by atoms with van der Waals surface area (Å²) in [7, 11) is 0.369. The molecule has 0 spiro atoms. The van der Waals surface area contributed by atoms with E-state index in [1.165, 1.54) is 44.9 Å². The normalized spacial score (nSPS) is 53.4. The minimum Gasteiger partial charge on any atom is -0.393 e. The monoisotopic (exact) mass is 392 g/mol. The number of hydrogen-bond acceptors (Lipinski definition) is 2. The molecule has 0 aromatic rings. The Morgan fingerprint density at radius 3 is 2.56 bits per heavy atom. The standard InChI is InChI=1S/C24H41O2P/c1-5-6-15(2)19-9-10-20-18-8-7-16-13-17(27-26)11-12-23(16,3)21(18)14-22(25)24(19,20)4/h15-22,25H,5-14H2,1-4H3/t15-,16-,17-,18+,19?,20+,21+,22+,23+,24-/m1/s1. The Hall–Kier alpha value is 0.0600. The van der Waals surface area contributed by atoms with Crippen molar-refractivity contribution in [3.8, 4) is 0 Å². The summed E-state index contributed by atoms with van der Waals surface area (Å²) >= 11 is 0. The molecule has 154 valence electrons. The van der Waals surface area contributed by atoms with E-state index in [0.717, 1.165) is 42.9 Å². The average molecular weight is 393 g/mol. The highest BCUT2D eigenvalue weighted by molar-refractivity contribution is 7.24. The van der Waals surface area contributed by atoms with Crippen molar-refractivity contribution >= 4 is 8.46 Å². The van der Waals surface area contributed by atoms with Gasteiger partial charge in [-0.05, 0) is 97.7 Å². The van der Waals surface area contributed by atoms with E-state index >= 15 is 0 Å². The van der Waals surface area contributed by atoms with Crippen LogP contribution < -0.4 is 0 Å². The summed E-state index contributed by atoms with van der Waals surface area (Å²) in [4.78, 5) is 0. The highest BCUT2D eigenvalue weighted by Crippen LogP contribution is 2.68. The van der Waals surface area contributed by atoms with Crippen LogP contribution >= 0.6 is 8.46 Å². The fourth-order valence-electron chi connectivity index (χ4n) is 8.91. The van der Waals surface area contributed by atoms with Crippen LogP contribution in [0.3, 0.4) is 0 Å². The SMILES string of the molecule is CCC[C@@H](C)C1CC[C@H]2[C@@H]3CC[C@@H]4C[C@H](P=O)CC[C@]4(C)[C@H]3C[C@H](O)[C@]12C. The molecule has 4 aliphatic carbocycles. The van der Waals surface area contributed by atoms with Crippen molar-refractivity contribution in [2.45, 2.75) is 104 Å². The first kappa shape index (κ1) is 20.3. The number of fused-ring (bicyclic) bond motifs is 5. The quantitative estimate of drug-likeness (QED) is 0.540. The molecule has 1 N–H and O–H groups in total. The molecular weight excluding hydrogens is 351 g/mol. The Bertz CT molecular complexity index is 565. The summed E-state index contributed by atoms with van der Waals surface area (Å²) in [5.41, 5.74) is 0.910. The van der Waals surface area contributed by atoms with Gasteiger partial charge in [-0.3, -0.25) is 4.57 Å². The van der Waals surface area contributed by atoms with Gasteiger partial charge in [0.05, 0.1) is 6.10 Å². The van der Waals surface area contributed by atoms with Crippen molar-refractivity contribution in [1.29, 1.82) is 0 Å². The van der Waals surface area contributed by atoms with Crippen LogP contribution in [-0.4, -0.2) is 16.9 Å². The molecule has 4 saturated carbocycles. The maximum absolute atomic E-state index is 11.5. The molecule has 4 fully saturated rings. The van der Waals surface area contributed by atoms with Gasteiger partial charge in [0.1, 0.15) is 0 Å². The van der Waals surface area contributed by atoms with Crippen LogP contribution in [0.4, 0.5) is 0 Å². The molecule has 4 aliphatic rings. The molecule has 4 rings (SSSR count). The third-order valence-corrected chi connectivity index (χ3v) is 11.2. The summed E-state index contributed by atoms with van der Waals surface area (Å²) in [6.45, 7) is 9.75. The second-order valence-electron chi connectivity index (χ2n) is 11.3. The molecule has 2 nitrogen and oxygen atoms in total. The minimum absolute atomic E-state index is 0.124. The molecule has 0 aliphatic heterocycles. The molecule has 0 radical (unpaired) electrons. The smallest absolute Gasteiger partial charge is 0.158 e. The molecule has 27 heavy (non-hydrogen) atoms. The van der Waals surface area contributed by atoms with E-state index in [1.54, 1.807) is 0 Å². The number of aliphatic hydroxyl groups is 1. The molecule has 0 amide bonds. The summed E-state index contributed by atoms with van der Waals surface area (Å²) in [6.07, 6.45) is 12.3. The predicted octanol–water partition coefficient (Wildman–Crippen LogP) is 6.71. The van der Waals surface area contributed by atoms with Crippen LogP contribution in [0.25, 0.3) is 0 Å². The van der Waals surface area contributed by atoms with Gasteiger partial charge in [-0.25, -0.2) is 0 Å². The third kappa shape index (κ3) is 2.99. The minimum atomic E-state index is -0.124. The first-order valence-electron chi connectivity index (χ1n) is 11.9. The van der Waals surface area contributed by atoms with Gasteiger partial charge in [-0.2, -0.15) is 0 Å². The van der Waals surface area contributed by atoms with Crippen molar-refractivity contribution in [2.24, 2.45) is 46.3 Å². The van der Waals surface area contributed by atoms with Crippen LogP contribution in [0, 0.1) is 46.3 Å². The average Bonchev–Trinajstić information content (AvgIpc) is 3.01. The largest absolute Gasteiger partial charge is 0.393 e. The summed E-state index contributed by atoms with van der Waals surface area (Å²) in [5, 5.41) is 11.5. The Kier molecular flexibility index (Phi) is 5.57. The maximum Gasteiger partial charge on any atom is 0.158 e. The molecule has 1 unspecified atom stereocenters. The van der Waals surface area contributed by atoms with E-state index < -0.39 is 0 Å². The molecule has 0 bridgehead atoms. The lowest BCUT2D eigenvalue weighted by atomic mass is 9.44. The lowest BCUT2D eigenvalue weighted by Crippen LogP contribution is -2.58. The second-order valence-corrected chi connectivity index (χ2v) is 12.2. The number of rotatable bonds is 4. The van der Waals surface area contributed by atoms with Gasteiger partial charge < -0.3 is 5.11 Å². The maximum atomic E-state index is 11.5. The van der Waals surface area contributed by atoms with E-state index in [2.05, 4.69) is 27.7 Å². The van der Waals surface area contributed by atoms with E-state index in [0.29, 0.717) is 31.4 Å². The van der Waals surface area contributed by atoms with E-state index in [4.69, 9.17) is 0 Å². The van der Waals surface area contributed by atoms with Crippen molar-refractivity contribution in [3.63, 3.8) is 0 Å². The van der Waals surface area contributed by atoms with Crippen molar-refractivity contribution in [1.82, 2.24) is 0 Å². The fourth-order valence-corrected chi connectivity index (χ4v) is 9.49. The van der Waals surface area contributed by atoms with E-state index in [9.17, 15) is 9.67 Å². The van der Waals surface area contributed by atoms with E-state index in [1.807, 2.05) is 0 Å². The Labute approximate surface area is 168 Å². The van der Waals surface area contributed by atoms with E-state index in [-0.39, 0.29) is 11.5 Å². The van der Waals surface area contributed by atoms with Gasteiger partial charge in [0.25, 0.3) is 0 Å². The van der Waals surface area contributed by atoms with Crippen LogP contribution in [0.15, 0.2) is 0 Å². The molecule has 0 aromatic carbocycles. The zero-order chi connectivity index (χ0) is 19.4. The zero-order valence-electron chi connectivity index (χ0n) is 18.0. The Morgan fingerprint density at radius 1 is 1.07 bits per heavy atom. The molecule has 10 atom stereocenters. The van der Waals surface area contributed by atoms with Crippen LogP contribution in [0.1, 0.15) is 91.9 Å². The number of hydrogen-bond donors (Lipinski definition) is 1. The lowest BCUT2D eigenvalue weighted by molar-refractivity contribution is -0.167. The van der Waals surface area contributed by atoms with Gasteiger partial charge in [0, 0.05) is 5.66 Å². The van der Waals surface area contributed by atoms with Gasteiger partial charge in [-0.15, -0.1) is 0 Å². The van der Waals surface area contributed by atoms with Gasteiger partial charge in [0.2, 0.25) is 0 Å². The lowest BCUT2D eigenvalue weighted by Gasteiger charge is -2.62. The van der Waals surface area contributed by atoms with Gasteiger partial charge >= 0.3 is 0 Å². The van der Waals surface area contributed by atoms with Gasteiger partial charge in [-0.1, -0.05) is 40.5 Å². The van der Waals surface area contributed by atoms with Crippen LogP contribution in [0.5, 0.6) is 0 Å². The summed E-state index contributed by atoms with van der Waals surface area (Å²) in [6, 6.07) is 0. The highest BCUT2D eigenvalue weighted by Gasteiger charge is 2.63. The van der Waals surface area contributed by atoms with Crippen molar-refractivity contribution < 1.29 is 9.67 Å². The molecule has 0 heterocycles. The first-order valence-corrected chi connectivity index (χ1v) is 12.7. The van der Waals surface area contributed by atoms with Crippen LogP contribution in [0.2, 0.25) is 0 Å².